The number of rotatable bonds is 9. The van der Waals surface area contributed by atoms with E-state index in [9.17, 15) is 26.9 Å². The average Bonchev–Trinajstić information content (AvgIpc) is 2.83. The van der Waals surface area contributed by atoms with Crippen LogP contribution < -0.4 is 15.8 Å². The highest BCUT2D eigenvalue weighted by Gasteiger charge is 2.42. The first-order chi connectivity index (χ1) is 18.1. The molecule has 6 atom stereocenters. The summed E-state index contributed by atoms with van der Waals surface area (Å²) >= 11 is 0. The summed E-state index contributed by atoms with van der Waals surface area (Å²) in [6, 6.07) is 9.85. The summed E-state index contributed by atoms with van der Waals surface area (Å²) in [5, 5.41) is 14.6. The maximum absolute atomic E-state index is 14.6. The molecule has 0 spiro atoms. The van der Waals surface area contributed by atoms with E-state index in [0.29, 0.717) is 0 Å². The predicted octanol–water partition coefficient (Wildman–Crippen LogP) is 4.66. The van der Waals surface area contributed by atoms with Crippen molar-refractivity contribution in [2.45, 2.75) is 70.0 Å². The minimum atomic E-state index is -4.76. The molecule has 0 amide bonds. The SMILES string of the molecule is COC[C@@H](Oc1cc(C[C@@H]2CS(=O)C[C@H](N[C@H](C)c3cccc(C(C)(C)C)c3)[C@H]2O)cc(F)c1N)C(F)(F)F. The Morgan fingerprint density at radius 3 is 2.49 bits per heavy atom. The highest BCUT2D eigenvalue weighted by atomic mass is 32.2. The predicted molar refractivity (Wildman–Crippen MR) is 145 cm³/mol. The lowest BCUT2D eigenvalue weighted by molar-refractivity contribution is -0.206. The fourth-order valence-electron chi connectivity index (χ4n) is 4.72. The monoisotopic (exact) mass is 574 g/mol. The molecule has 0 aliphatic carbocycles. The standard InChI is InChI=1S/C28H38F4N2O4S/c1-16(18-7-6-8-20(12-18)27(2,3)4)34-22-15-39(36)14-19(26(22)35)9-17-10-21(29)25(33)23(11-17)38-24(13-37-5)28(30,31)32/h6-8,10-12,16,19,22,24,26,34-35H,9,13-15,33H2,1-5H3/t16-,19-,22+,24-,26+,39?/m1/s1. The molecule has 3 rings (SSSR count). The van der Waals surface area contributed by atoms with Crippen molar-refractivity contribution in [1.82, 2.24) is 5.32 Å². The van der Waals surface area contributed by atoms with Gasteiger partial charge in [-0.05, 0) is 47.6 Å². The van der Waals surface area contributed by atoms with Crippen LogP contribution in [-0.4, -0.2) is 59.0 Å². The molecule has 1 heterocycles. The highest BCUT2D eigenvalue weighted by molar-refractivity contribution is 7.85. The Hall–Kier alpha value is -2.21. The molecule has 0 saturated carbocycles. The highest BCUT2D eigenvalue weighted by Crippen LogP contribution is 2.34. The molecule has 1 aliphatic rings. The fourth-order valence-corrected chi connectivity index (χ4v) is 6.34. The van der Waals surface area contributed by atoms with E-state index in [-0.39, 0.29) is 34.9 Å². The van der Waals surface area contributed by atoms with Gasteiger partial charge in [0, 0.05) is 47.4 Å². The first-order valence-electron chi connectivity index (χ1n) is 12.8. The van der Waals surface area contributed by atoms with Crippen molar-refractivity contribution >= 4 is 16.5 Å². The van der Waals surface area contributed by atoms with E-state index >= 15 is 0 Å². The summed E-state index contributed by atoms with van der Waals surface area (Å²) < 4.78 is 76.9. The lowest BCUT2D eigenvalue weighted by atomic mass is 9.85. The number of ether oxygens (including phenoxy) is 2. The van der Waals surface area contributed by atoms with Crippen molar-refractivity contribution < 1.29 is 36.4 Å². The van der Waals surface area contributed by atoms with E-state index in [4.69, 9.17) is 10.5 Å². The van der Waals surface area contributed by atoms with Crippen LogP contribution in [0, 0.1) is 11.7 Å². The second-order valence-electron chi connectivity index (χ2n) is 11.2. The summed E-state index contributed by atoms with van der Waals surface area (Å²) in [5.41, 5.74) is 7.56. The number of hydrogen-bond donors (Lipinski definition) is 3. The lowest BCUT2D eigenvalue weighted by Crippen LogP contribution is -2.53. The number of nitrogens with one attached hydrogen (secondary N) is 1. The van der Waals surface area contributed by atoms with Crippen LogP contribution in [0.3, 0.4) is 0 Å². The number of aliphatic hydroxyl groups excluding tert-OH is 1. The van der Waals surface area contributed by atoms with Crippen LogP contribution in [0.1, 0.15) is 50.4 Å². The van der Waals surface area contributed by atoms with E-state index < -0.39 is 65.0 Å². The summed E-state index contributed by atoms with van der Waals surface area (Å²) in [5.74, 6) is -1.51. The van der Waals surface area contributed by atoms with Crippen molar-refractivity contribution in [3.63, 3.8) is 0 Å². The molecule has 0 aromatic heterocycles. The second kappa shape index (κ2) is 12.5. The molecule has 1 unspecified atom stereocenters. The van der Waals surface area contributed by atoms with Gasteiger partial charge >= 0.3 is 6.18 Å². The van der Waals surface area contributed by atoms with E-state index in [1.54, 1.807) is 0 Å². The van der Waals surface area contributed by atoms with Crippen molar-refractivity contribution in [2.75, 3.05) is 31.0 Å². The third kappa shape index (κ3) is 8.15. The number of aliphatic hydroxyl groups is 1. The van der Waals surface area contributed by atoms with Crippen LogP contribution in [0.2, 0.25) is 0 Å². The van der Waals surface area contributed by atoms with E-state index in [2.05, 4.69) is 43.0 Å². The average molecular weight is 575 g/mol. The van der Waals surface area contributed by atoms with Crippen molar-refractivity contribution in [1.29, 1.82) is 0 Å². The molecule has 218 valence electrons. The molecule has 6 nitrogen and oxygen atoms in total. The first kappa shape index (κ1) is 31.3. The van der Waals surface area contributed by atoms with Crippen LogP contribution in [-0.2, 0) is 27.4 Å². The topological polar surface area (TPSA) is 93.8 Å². The zero-order chi connectivity index (χ0) is 29.1. The third-order valence-electron chi connectivity index (χ3n) is 6.98. The Bertz CT molecular complexity index is 1160. The van der Waals surface area contributed by atoms with Gasteiger partial charge in [-0.1, -0.05) is 45.0 Å². The molecule has 0 radical (unpaired) electrons. The fraction of sp³-hybridized carbons (Fsp3) is 0.571. The summed E-state index contributed by atoms with van der Waals surface area (Å²) in [6.45, 7) is 7.55. The summed E-state index contributed by atoms with van der Waals surface area (Å²) in [4.78, 5) is 0. The minimum absolute atomic E-state index is 0.0344. The Kier molecular flexibility index (Phi) is 10.1. The normalized spacial score (nSPS) is 23.8. The number of nitrogens with two attached hydrogens (primary N) is 1. The van der Waals surface area contributed by atoms with Crippen LogP contribution in [0.25, 0.3) is 0 Å². The van der Waals surface area contributed by atoms with Crippen LogP contribution in [0.15, 0.2) is 36.4 Å². The van der Waals surface area contributed by atoms with Crippen molar-refractivity contribution in [3.05, 3.63) is 58.9 Å². The molecular weight excluding hydrogens is 536 g/mol. The van der Waals surface area contributed by atoms with Crippen LogP contribution in [0.4, 0.5) is 23.2 Å². The second-order valence-corrected chi connectivity index (χ2v) is 12.7. The molecule has 4 N–H and O–H groups in total. The van der Waals surface area contributed by atoms with E-state index in [1.807, 2.05) is 19.1 Å². The van der Waals surface area contributed by atoms with Gasteiger partial charge in [-0.25, -0.2) is 4.39 Å². The van der Waals surface area contributed by atoms with Gasteiger partial charge in [0.1, 0.15) is 17.3 Å². The van der Waals surface area contributed by atoms with Gasteiger partial charge in [-0.3, -0.25) is 4.21 Å². The first-order valence-corrected chi connectivity index (χ1v) is 14.3. The minimum Gasteiger partial charge on any atom is -0.476 e. The van der Waals surface area contributed by atoms with Gasteiger partial charge in [-0.2, -0.15) is 13.2 Å². The lowest BCUT2D eigenvalue weighted by Gasteiger charge is -2.37. The van der Waals surface area contributed by atoms with E-state index in [1.165, 1.54) is 11.6 Å². The molecule has 2 aromatic rings. The van der Waals surface area contributed by atoms with Gasteiger partial charge in [0.05, 0.1) is 12.7 Å². The number of hydrogen-bond acceptors (Lipinski definition) is 6. The Morgan fingerprint density at radius 1 is 1.18 bits per heavy atom. The third-order valence-corrected chi connectivity index (χ3v) is 8.51. The van der Waals surface area contributed by atoms with Gasteiger partial charge in [0.25, 0.3) is 0 Å². The van der Waals surface area contributed by atoms with Crippen LogP contribution in [0.5, 0.6) is 5.75 Å². The van der Waals surface area contributed by atoms with E-state index in [0.717, 1.165) is 18.7 Å². The number of anilines is 1. The molecule has 1 saturated heterocycles. The van der Waals surface area contributed by atoms with Crippen LogP contribution >= 0.6 is 0 Å². The maximum Gasteiger partial charge on any atom is 0.427 e. The Labute approximate surface area is 229 Å². The van der Waals surface area contributed by atoms with Crippen molar-refractivity contribution in [2.24, 2.45) is 5.92 Å². The molecule has 2 aromatic carbocycles. The molecule has 0 bridgehead atoms. The number of nitrogen functional groups attached to an aromatic ring is 1. The molecule has 11 heteroatoms. The quantitative estimate of drug-likeness (QED) is 0.298. The number of methoxy groups -OCH3 is 1. The largest absolute Gasteiger partial charge is 0.476 e. The smallest absolute Gasteiger partial charge is 0.427 e. The molecule has 39 heavy (non-hydrogen) atoms. The van der Waals surface area contributed by atoms with Gasteiger partial charge in [0.2, 0.25) is 6.10 Å². The Morgan fingerprint density at radius 2 is 1.87 bits per heavy atom. The van der Waals surface area contributed by atoms with Gasteiger partial charge in [-0.15, -0.1) is 0 Å². The van der Waals surface area contributed by atoms with Gasteiger partial charge in [0.15, 0.2) is 0 Å². The maximum atomic E-state index is 14.6. The molecule has 1 aliphatic heterocycles. The van der Waals surface area contributed by atoms with Crippen molar-refractivity contribution in [3.8, 4) is 5.75 Å². The number of alkyl halides is 3. The number of benzene rings is 2. The zero-order valence-corrected chi connectivity index (χ0v) is 23.7. The zero-order valence-electron chi connectivity index (χ0n) is 22.8. The molecule has 1 fully saturated rings. The summed E-state index contributed by atoms with van der Waals surface area (Å²) in [7, 11) is -0.165. The molecular formula is C28H38F4N2O4S. The number of halogens is 4. The summed E-state index contributed by atoms with van der Waals surface area (Å²) in [6.07, 6.45) is -7.93. The Balaban J connectivity index is 1.78. The van der Waals surface area contributed by atoms with Gasteiger partial charge < -0.3 is 25.6 Å².